The summed E-state index contributed by atoms with van der Waals surface area (Å²) < 4.78 is 46.2. The number of aromatic amines is 1. The van der Waals surface area contributed by atoms with E-state index in [1.54, 1.807) is 0 Å². The van der Waals surface area contributed by atoms with Crippen molar-refractivity contribution in [1.29, 1.82) is 0 Å². The summed E-state index contributed by atoms with van der Waals surface area (Å²) in [6, 6.07) is 0. The minimum Gasteiger partial charge on any atom is -0.253 e. The number of hydrogen-bond acceptors (Lipinski definition) is 2. The van der Waals surface area contributed by atoms with E-state index in [0.29, 0.717) is 0 Å². The Morgan fingerprint density at radius 2 is 1.75 bits per heavy atom. The molecule has 0 atom stereocenters. The topological polar surface area (TPSA) is 41.6 Å². The van der Waals surface area contributed by atoms with Gasteiger partial charge in [-0.1, -0.05) is 0 Å². The summed E-state index contributed by atoms with van der Waals surface area (Å²) in [7, 11) is 0. The molecular weight excluding hydrogens is 178 g/mol. The second-order valence-electron chi connectivity index (χ2n) is 1.45. The molecule has 0 aliphatic rings. The SMILES string of the molecule is C=C.Fc1n[nH]c(C(F)(F)F)n1. The van der Waals surface area contributed by atoms with Crippen molar-refractivity contribution < 1.29 is 17.6 Å². The van der Waals surface area contributed by atoms with Crippen molar-refractivity contribution in [3.8, 4) is 0 Å². The average molecular weight is 183 g/mol. The predicted octanol–water partition coefficient (Wildman–Crippen LogP) is 1.76. The first-order valence-electron chi connectivity index (χ1n) is 2.65. The van der Waals surface area contributed by atoms with Gasteiger partial charge in [0.1, 0.15) is 0 Å². The van der Waals surface area contributed by atoms with Gasteiger partial charge in [-0.3, -0.25) is 5.10 Å². The van der Waals surface area contributed by atoms with Crippen LogP contribution in [0.2, 0.25) is 0 Å². The van der Waals surface area contributed by atoms with E-state index in [1.165, 1.54) is 5.10 Å². The molecule has 1 aromatic heterocycles. The Bertz CT molecular complexity index is 241. The third-order valence-electron chi connectivity index (χ3n) is 0.727. The molecule has 1 aromatic rings. The van der Waals surface area contributed by atoms with E-state index in [2.05, 4.69) is 23.2 Å². The van der Waals surface area contributed by atoms with Crippen LogP contribution >= 0.6 is 0 Å². The summed E-state index contributed by atoms with van der Waals surface area (Å²) in [4.78, 5) is 2.42. The molecule has 0 aromatic carbocycles. The van der Waals surface area contributed by atoms with Crippen LogP contribution in [0.1, 0.15) is 5.82 Å². The number of halogens is 4. The Balaban J connectivity index is 0.000000561. The highest BCUT2D eigenvalue weighted by Gasteiger charge is 2.35. The number of nitrogens with one attached hydrogen (secondary N) is 1. The van der Waals surface area contributed by atoms with Gasteiger partial charge in [0.05, 0.1) is 0 Å². The van der Waals surface area contributed by atoms with Crippen LogP contribution in [0.5, 0.6) is 0 Å². The largest absolute Gasteiger partial charge is 0.451 e. The van der Waals surface area contributed by atoms with E-state index in [-0.39, 0.29) is 0 Å². The first kappa shape index (κ1) is 10.6. The molecule has 12 heavy (non-hydrogen) atoms. The molecule has 1 N–H and O–H groups in total. The second kappa shape index (κ2) is 3.84. The van der Waals surface area contributed by atoms with Crippen LogP contribution in [0.25, 0.3) is 0 Å². The summed E-state index contributed by atoms with van der Waals surface area (Å²) in [5.41, 5.74) is 0. The number of hydrogen-bond donors (Lipinski definition) is 1. The minimum absolute atomic E-state index is 1.38. The van der Waals surface area contributed by atoms with Crippen molar-refractivity contribution in [3.05, 3.63) is 25.1 Å². The summed E-state index contributed by atoms with van der Waals surface area (Å²) >= 11 is 0. The van der Waals surface area contributed by atoms with E-state index >= 15 is 0 Å². The van der Waals surface area contributed by atoms with E-state index in [0.717, 1.165) is 0 Å². The predicted molar refractivity (Wildman–Crippen MR) is 32.6 cm³/mol. The lowest BCUT2D eigenvalue weighted by molar-refractivity contribution is -0.144. The van der Waals surface area contributed by atoms with Gasteiger partial charge in [-0.25, -0.2) is 0 Å². The highest BCUT2D eigenvalue weighted by molar-refractivity contribution is 4.86. The van der Waals surface area contributed by atoms with Gasteiger partial charge in [-0.05, 0) is 0 Å². The Kier molecular flexibility index (Phi) is 3.39. The fourth-order valence-electron chi connectivity index (χ4n) is 0.368. The van der Waals surface area contributed by atoms with Crippen LogP contribution in [0.3, 0.4) is 0 Å². The molecule has 0 spiro atoms. The maximum Gasteiger partial charge on any atom is 0.451 e. The van der Waals surface area contributed by atoms with Crippen molar-refractivity contribution in [1.82, 2.24) is 15.2 Å². The lowest BCUT2D eigenvalue weighted by atomic mass is 10.6. The van der Waals surface area contributed by atoms with Crippen LogP contribution in [0.4, 0.5) is 17.6 Å². The molecule has 3 nitrogen and oxygen atoms in total. The Morgan fingerprint density at radius 1 is 1.25 bits per heavy atom. The molecule has 1 heterocycles. The number of rotatable bonds is 0. The maximum absolute atomic E-state index is 11.7. The van der Waals surface area contributed by atoms with Gasteiger partial charge in [0.15, 0.2) is 0 Å². The minimum atomic E-state index is -4.66. The van der Waals surface area contributed by atoms with Gasteiger partial charge in [0.25, 0.3) is 0 Å². The molecule has 0 amide bonds. The standard InChI is InChI=1S/C3HF4N3.C2H4/c4-2-8-1(9-10-2)3(5,6)7;1-2/h(H,8,9,10);1-2H2. The highest BCUT2D eigenvalue weighted by atomic mass is 19.4. The zero-order valence-corrected chi connectivity index (χ0v) is 5.82. The Hall–Kier alpha value is -1.40. The van der Waals surface area contributed by atoms with Crippen molar-refractivity contribution >= 4 is 0 Å². The van der Waals surface area contributed by atoms with Crippen molar-refractivity contribution in [2.45, 2.75) is 6.18 Å². The van der Waals surface area contributed by atoms with Gasteiger partial charge in [0, 0.05) is 0 Å². The number of H-pyrrole nitrogens is 1. The van der Waals surface area contributed by atoms with Crippen molar-refractivity contribution in [2.75, 3.05) is 0 Å². The first-order valence-corrected chi connectivity index (χ1v) is 2.65. The van der Waals surface area contributed by atoms with Crippen LogP contribution in [0.15, 0.2) is 13.2 Å². The molecule has 0 bridgehead atoms. The van der Waals surface area contributed by atoms with Crippen molar-refractivity contribution in [2.24, 2.45) is 0 Å². The average Bonchev–Trinajstić information content (AvgIpc) is 2.39. The molecule has 0 aliphatic heterocycles. The van der Waals surface area contributed by atoms with Gasteiger partial charge < -0.3 is 0 Å². The van der Waals surface area contributed by atoms with E-state index < -0.39 is 18.1 Å². The monoisotopic (exact) mass is 183 g/mol. The molecule has 0 radical (unpaired) electrons. The number of aromatic nitrogens is 3. The normalized spacial score (nSPS) is 10.3. The van der Waals surface area contributed by atoms with E-state index in [1.807, 2.05) is 0 Å². The Labute approximate surface area is 65.1 Å². The van der Waals surface area contributed by atoms with Crippen LogP contribution in [-0.4, -0.2) is 15.2 Å². The fraction of sp³-hybridized carbons (Fsp3) is 0.200. The molecule has 0 saturated carbocycles. The second-order valence-corrected chi connectivity index (χ2v) is 1.45. The summed E-state index contributed by atoms with van der Waals surface area (Å²) in [5, 5.41) is 3.94. The number of alkyl halides is 3. The van der Waals surface area contributed by atoms with E-state index in [4.69, 9.17) is 0 Å². The lowest BCUT2D eigenvalue weighted by Gasteiger charge is -1.97. The van der Waals surface area contributed by atoms with Crippen molar-refractivity contribution in [3.63, 3.8) is 0 Å². The molecule has 68 valence electrons. The maximum atomic E-state index is 11.7. The van der Waals surface area contributed by atoms with E-state index in [9.17, 15) is 17.6 Å². The summed E-state index contributed by atoms with van der Waals surface area (Å²) in [5.74, 6) is -1.43. The molecule has 0 aliphatic carbocycles. The first-order chi connectivity index (χ1) is 5.50. The van der Waals surface area contributed by atoms with Gasteiger partial charge in [-0.15, -0.1) is 18.3 Å². The molecule has 0 fully saturated rings. The zero-order valence-electron chi connectivity index (χ0n) is 5.82. The number of nitrogens with zero attached hydrogens (tertiary/aromatic N) is 2. The van der Waals surface area contributed by atoms with Gasteiger partial charge in [-0.2, -0.15) is 22.5 Å². The smallest absolute Gasteiger partial charge is 0.253 e. The molecule has 7 heteroatoms. The van der Waals surface area contributed by atoms with Gasteiger partial charge in [0.2, 0.25) is 5.82 Å². The molecular formula is C5H5F4N3. The van der Waals surface area contributed by atoms with Gasteiger partial charge >= 0.3 is 12.3 Å². The summed E-state index contributed by atoms with van der Waals surface area (Å²) in [6.45, 7) is 6.00. The molecule has 1 rings (SSSR count). The van der Waals surface area contributed by atoms with Crippen LogP contribution in [0, 0.1) is 6.08 Å². The summed E-state index contributed by atoms with van der Waals surface area (Å²) in [6.07, 6.45) is -6.07. The third-order valence-corrected chi connectivity index (χ3v) is 0.727. The Morgan fingerprint density at radius 3 is 1.92 bits per heavy atom. The lowest BCUT2D eigenvalue weighted by Crippen LogP contribution is -2.07. The molecule has 0 unspecified atom stereocenters. The van der Waals surface area contributed by atoms with Crippen LogP contribution < -0.4 is 0 Å². The molecule has 0 saturated heterocycles. The van der Waals surface area contributed by atoms with Crippen LogP contribution in [-0.2, 0) is 6.18 Å². The highest BCUT2D eigenvalue weighted by Crippen LogP contribution is 2.25. The fourth-order valence-corrected chi connectivity index (χ4v) is 0.368. The quantitative estimate of drug-likeness (QED) is 0.491. The zero-order chi connectivity index (χ0) is 9.78. The third kappa shape index (κ3) is 2.69.